The summed E-state index contributed by atoms with van der Waals surface area (Å²) < 4.78 is 55.6. The van der Waals surface area contributed by atoms with E-state index in [9.17, 15) is 31.6 Å². The normalized spacial score (nSPS) is 16.3. The van der Waals surface area contributed by atoms with Crippen molar-refractivity contribution in [3.8, 4) is 5.75 Å². The van der Waals surface area contributed by atoms with E-state index in [1.165, 1.54) is 11.0 Å². The van der Waals surface area contributed by atoms with Crippen molar-refractivity contribution in [2.45, 2.75) is 32.2 Å². The van der Waals surface area contributed by atoms with Crippen LogP contribution in [0.3, 0.4) is 0 Å². The number of alkyl halides is 2. The minimum Gasteiger partial charge on any atom is -0.434 e. The summed E-state index contributed by atoms with van der Waals surface area (Å²) in [5.41, 5.74) is 0.745. The number of anilines is 2. The highest BCUT2D eigenvalue weighted by molar-refractivity contribution is 7.91. The Morgan fingerprint density at radius 1 is 1.05 bits per heavy atom. The number of ether oxygens (including phenoxy) is 1. The summed E-state index contributed by atoms with van der Waals surface area (Å²) >= 11 is 0. The van der Waals surface area contributed by atoms with Gasteiger partial charge in [-0.25, -0.2) is 8.42 Å². The molecule has 0 aliphatic carbocycles. The van der Waals surface area contributed by atoms with Crippen LogP contribution in [0.4, 0.5) is 20.2 Å². The smallest absolute Gasteiger partial charge is 0.387 e. The number of likely N-dealkylation sites (N-methyl/N-ethyl adjacent to an activating group) is 1. The fraction of sp³-hybridized carbons (Fsp3) is 0.321. The topological polar surface area (TPSA) is 125 Å². The Bertz CT molecular complexity index is 1580. The molecular weight excluding hydrogens is 558 g/mol. The zero-order valence-electron chi connectivity index (χ0n) is 22.6. The van der Waals surface area contributed by atoms with Gasteiger partial charge in [0.1, 0.15) is 17.5 Å². The lowest BCUT2D eigenvalue weighted by molar-refractivity contribution is -0.128. The van der Waals surface area contributed by atoms with Gasteiger partial charge in [0.2, 0.25) is 11.8 Å². The summed E-state index contributed by atoms with van der Waals surface area (Å²) in [5.74, 6) is -2.90. The summed E-state index contributed by atoms with van der Waals surface area (Å²) in [6, 6.07) is 14.4. The zero-order chi connectivity index (χ0) is 29.9. The molecule has 1 heterocycles. The van der Waals surface area contributed by atoms with Crippen LogP contribution >= 0.6 is 0 Å². The predicted molar refractivity (Wildman–Crippen MR) is 151 cm³/mol. The SMILES string of the molecule is CN[C@@H](C)C(=O)N[C@H]1CN(C(=O)CS(C)(=O)=O)c2ccccc2N(Cc2c(OC(F)F)ccc3ccccc23)C1=O. The molecule has 3 aromatic carbocycles. The molecule has 1 aliphatic heterocycles. The van der Waals surface area contributed by atoms with E-state index in [-0.39, 0.29) is 35.8 Å². The Hall–Kier alpha value is -4.10. The third-order valence-corrected chi connectivity index (χ3v) is 7.52. The first-order chi connectivity index (χ1) is 19.4. The van der Waals surface area contributed by atoms with Crippen molar-refractivity contribution in [2.75, 3.05) is 35.4 Å². The summed E-state index contributed by atoms with van der Waals surface area (Å²) in [7, 11) is -2.17. The first-order valence-electron chi connectivity index (χ1n) is 12.7. The fourth-order valence-electron chi connectivity index (χ4n) is 4.67. The number of hydrogen-bond donors (Lipinski definition) is 2. The average molecular weight is 589 g/mol. The molecule has 2 atom stereocenters. The van der Waals surface area contributed by atoms with Gasteiger partial charge >= 0.3 is 6.61 Å². The molecule has 0 fully saturated rings. The number of nitrogens with zero attached hydrogens (tertiary/aromatic N) is 2. The van der Waals surface area contributed by atoms with Crippen LogP contribution in [0.1, 0.15) is 12.5 Å². The molecule has 0 aromatic heterocycles. The number of carbonyl (C=O) groups is 3. The number of rotatable bonds is 9. The maximum Gasteiger partial charge on any atom is 0.387 e. The number of amides is 3. The Balaban J connectivity index is 1.88. The van der Waals surface area contributed by atoms with E-state index in [2.05, 4.69) is 10.6 Å². The molecule has 0 unspecified atom stereocenters. The molecule has 0 bridgehead atoms. The van der Waals surface area contributed by atoms with Crippen LogP contribution in [0.5, 0.6) is 5.75 Å². The maximum atomic E-state index is 14.1. The number of sulfone groups is 1. The lowest BCUT2D eigenvalue weighted by Gasteiger charge is -2.27. The van der Waals surface area contributed by atoms with Crippen molar-refractivity contribution in [1.29, 1.82) is 0 Å². The number of carbonyl (C=O) groups excluding carboxylic acids is 3. The third-order valence-electron chi connectivity index (χ3n) is 6.75. The Labute approximate surface area is 236 Å². The van der Waals surface area contributed by atoms with Gasteiger partial charge in [0.05, 0.1) is 30.5 Å². The maximum absolute atomic E-state index is 14.1. The van der Waals surface area contributed by atoms with E-state index in [1.54, 1.807) is 68.6 Å². The number of benzene rings is 3. The summed E-state index contributed by atoms with van der Waals surface area (Å²) in [4.78, 5) is 42.7. The van der Waals surface area contributed by atoms with Crippen LogP contribution in [0, 0.1) is 0 Å². The van der Waals surface area contributed by atoms with Gasteiger partial charge in [0.25, 0.3) is 5.91 Å². The van der Waals surface area contributed by atoms with Crippen molar-refractivity contribution >= 4 is 49.7 Å². The van der Waals surface area contributed by atoms with Crippen LogP contribution in [0.25, 0.3) is 10.8 Å². The van der Waals surface area contributed by atoms with Crippen LogP contribution in [0.2, 0.25) is 0 Å². The quantitative estimate of drug-likeness (QED) is 0.394. The molecule has 4 rings (SSSR count). The fourth-order valence-corrected chi connectivity index (χ4v) is 5.27. The number of para-hydroxylation sites is 2. The van der Waals surface area contributed by atoms with Gasteiger partial charge in [-0.3, -0.25) is 14.4 Å². The molecule has 0 radical (unpaired) electrons. The van der Waals surface area contributed by atoms with Gasteiger partial charge in [-0.2, -0.15) is 8.78 Å². The third kappa shape index (κ3) is 6.80. The van der Waals surface area contributed by atoms with Crippen molar-refractivity contribution in [1.82, 2.24) is 10.6 Å². The van der Waals surface area contributed by atoms with Gasteiger partial charge in [0.15, 0.2) is 9.84 Å². The lowest BCUT2D eigenvalue weighted by Crippen LogP contribution is -2.56. The van der Waals surface area contributed by atoms with Gasteiger partial charge in [-0.15, -0.1) is 0 Å². The van der Waals surface area contributed by atoms with Crippen LogP contribution in [0.15, 0.2) is 60.7 Å². The Morgan fingerprint density at radius 2 is 1.71 bits per heavy atom. The average Bonchev–Trinajstić information content (AvgIpc) is 3.03. The molecule has 1 aliphatic rings. The van der Waals surface area contributed by atoms with E-state index in [0.29, 0.717) is 5.39 Å². The molecule has 0 spiro atoms. The summed E-state index contributed by atoms with van der Waals surface area (Å²) in [5, 5.41) is 6.72. The highest BCUT2D eigenvalue weighted by atomic mass is 32.2. The molecular formula is C28H30F2N4O6S. The molecule has 10 nitrogen and oxygen atoms in total. The van der Waals surface area contributed by atoms with E-state index >= 15 is 0 Å². The molecule has 3 aromatic rings. The Morgan fingerprint density at radius 3 is 2.37 bits per heavy atom. The molecule has 0 saturated carbocycles. The second-order valence-electron chi connectivity index (χ2n) is 9.70. The minimum absolute atomic E-state index is 0.136. The van der Waals surface area contributed by atoms with Crippen LogP contribution in [-0.4, -0.2) is 70.4 Å². The van der Waals surface area contributed by atoms with Gasteiger partial charge in [-0.1, -0.05) is 42.5 Å². The van der Waals surface area contributed by atoms with E-state index < -0.39 is 52.0 Å². The number of hydrogen-bond acceptors (Lipinski definition) is 7. The standard InChI is InChI=1S/C28H30F2N4O6S/c1-17(31-2)26(36)32-21-15-33(25(35)16-41(3,38)39)22-10-6-7-11-23(22)34(27(21)37)14-20-19-9-5-4-8-18(19)12-13-24(20)40-28(29)30/h4-13,17,21,28,31H,14-16H2,1-3H3,(H,32,36)/t17-,21-/m0/s1. The van der Waals surface area contributed by atoms with E-state index in [0.717, 1.165) is 16.5 Å². The largest absolute Gasteiger partial charge is 0.434 e. The van der Waals surface area contributed by atoms with Crippen molar-refractivity contribution in [3.63, 3.8) is 0 Å². The zero-order valence-corrected chi connectivity index (χ0v) is 23.5. The second kappa shape index (κ2) is 12.2. The number of halogens is 2. The minimum atomic E-state index is -3.74. The molecule has 41 heavy (non-hydrogen) atoms. The predicted octanol–water partition coefficient (Wildman–Crippen LogP) is 2.46. The van der Waals surface area contributed by atoms with Crippen molar-refractivity contribution in [2.24, 2.45) is 0 Å². The van der Waals surface area contributed by atoms with Crippen molar-refractivity contribution in [3.05, 3.63) is 66.2 Å². The number of fused-ring (bicyclic) bond motifs is 2. The van der Waals surface area contributed by atoms with Gasteiger partial charge in [-0.05, 0) is 42.9 Å². The Kier molecular flexibility index (Phi) is 8.88. The van der Waals surface area contributed by atoms with Crippen molar-refractivity contribution < 1.29 is 36.3 Å². The van der Waals surface area contributed by atoms with Crippen LogP contribution < -0.4 is 25.2 Å². The molecule has 218 valence electrons. The highest BCUT2D eigenvalue weighted by Crippen LogP contribution is 2.37. The molecule has 0 saturated heterocycles. The van der Waals surface area contributed by atoms with E-state index in [1.807, 2.05) is 0 Å². The summed E-state index contributed by atoms with van der Waals surface area (Å²) in [6.45, 7) is -2.14. The van der Waals surface area contributed by atoms with E-state index in [4.69, 9.17) is 4.74 Å². The van der Waals surface area contributed by atoms with Gasteiger partial charge in [0, 0.05) is 11.8 Å². The second-order valence-corrected chi connectivity index (χ2v) is 11.8. The first kappa shape index (κ1) is 29.9. The number of nitrogens with one attached hydrogen (secondary N) is 2. The molecule has 13 heteroatoms. The lowest BCUT2D eigenvalue weighted by atomic mass is 10.0. The molecule has 3 amide bonds. The highest BCUT2D eigenvalue weighted by Gasteiger charge is 2.38. The monoisotopic (exact) mass is 588 g/mol. The summed E-state index contributed by atoms with van der Waals surface area (Å²) in [6.07, 6.45) is 0.922. The van der Waals surface area contributed by atoms with Gasteiger partial charge < -0.3 is 25.2 Å². The molecule has 2 N–H and O–H groups in total. The first-order valence-corrected chi connectivity index (χ1v) is 14.8. The van der Waals surface area contributed by atoms with Crippen LogP contribution in [-0.2, 0) is 30.8 Å².